The summed E-state index contributed by atoms with van der Waals surface area (Å²) in [5.41, 5.74) is 3.28. The van der Waals surface area contributed by atoms with Crippen LogP contribution in [-0.2, 0) is 22.3 Å². The summed E-state index contributed by atoms with van der Waals surface area (Å²) >= 11 is 0. The van der Waals surface area contributed by atoms with Gasteiger partial charge in [0.05, 0.1) is 17.7 Å². The number of esters is 1. The summed E-state index contributed by atoms with van der Waals surface area (Å²) in [6, 6.07) is 14.7. The highest BCUT2D eigenvalue weighted by molar-refractivity contribution is 5.83. The van der Waals surface area contributed by atoms with Crippen LogP contribution in [0.3, 0.4) is 0 Å². The Morgan fingerprint density at radius 2 is 1.75 bits per heavy atom. The zero-order valence-corrected chi connectivity index (χ0v) is 22.2. The van der Waals surface area contributed by atoms with Crippen LogP contribution in [0, 0.1) is 13.8 Å². The van der Waals surface area contributed by atoms with Crippen LogP contribution < -0.4 is 0 Å². The Morgan fingerprint density at radius 1 is 0.975 bits per heavy atom. The molecule has 0 unspecified atom stereocenters. The van der Waals surface area contributed by atoms with Gasteiger partial charge in [-0.2, -0.15) is 23.3 Å². The molecule has 0 fully saturated rings. The van der Waals surface area contributed by atoms with E-state index < -0.39 is 11.7 Å². The lowest BCUT2D eigenvalue weighted by Gasteiger charge is -2.15. The fraction of sp³-hybridized carbons (Fsp3) is 0.267. The van der Waals surface area contributed by atoms with Crippen LogP contribution in [0.5, 0.6) is 0 Å². The number of ether oxygens (including phenoxy) is 1. The molecule has 0 N–H and O–H groups in total. The summed E-state index contributed by atoms with van der Waals surface area (Å²) in [5, 5.41) is 9.35. The van der Waals surface area contributed by atoms with Crippen LogP contribution in [0.4, 0.5) is 13.2 Å². The zero-order valence-electron chi connectivity index (χ0n) is 22.2. The standard InChI is InChI=1S/C30H27F3N4O3/c1-4-39-27(38)6-5-13-37-17-23-15-21(10-12-26(23)35-37)28-34-29(40-36-28)22-9-11-24(25(16-22)30(31,32)33)20-8-7-18(2)19(3)14-20/h7-12,14-17H,4-6,13H2,1-3H3. The molecule has 2 heterocycles. The monoisotopic (exact) mass is 548 g/mol. The molecule has 7 nitrogen and oxygen atoms in total. The van der Waals surface area contributed by atoms with Gasteiger partial charge in [-0.15, -0.1) is 0 Å². The third kappa shape index (κ3) is 5.75. The second kappa shape index (κ2) is 11.0. The van der Waals surface area contributed by atoms with E-state index in [2.05, 4.69) is 15.2 Å². The SMILES string of the molecule is CCOC(=O)CCCn1cc2cc(-c3noc(-c4ccc(-c5ccc(C)c(C)c5)c(C(F)(F)F)c4)n3)ccc2n1. The highest BCUT2D eigenvalue weighted by Gasteiger charge is 2.34. The van der Waals surface area contributed by atoms with Crippen LogP contribution in [0.1, 0.15) is 36.5 Å². The van der Waals surface area contributed by atoms with E-state index in [9.17, 15) is 18.0 Å². The predicted octanol–water partition coefficient (Wildman–Crippen LogP) is 7.40. The maximum atomic E-state index is 14.1. The number of halogens is 3. The van der Waals surface area contributed by atoms with Crippen molar-refractivity contribution in [2.24, 2.45) is 0 Å². The Bertz CT molecular complexity index is 1690. The number of hydrogen-bond acceptors (Lipinski definition) is 6. The van der Waals surface area contributed by atoms with Crippen LogP contribution in [0.2, 0.25) is 0 Å². The number of alkyl halides is 3. The van der Waals surface area contributed by atoms with Gasteiger partial charge in [-0.3, -0.25) is 9.48 Å². The molecule has 0 amide bonds. The fourth-order valence-corrected chi connectivity index (χ4v) is 4.48. The lowest BCUT2D eigenvalue weighted by Crippen LogP contribution is -2.07. The van der Waals surface area contributed by atoms with E-state index >= 15 is 0 Å². The van der Waals surface area contributed by atoms with Crippen molar-refractivity contribution in [1.82, 2.24) is 19.9 Å². The number of carbonyl (C=O) groups is 1. The maximum absolute atomic E-state index is 14.1. The fourth-order valence-electron chi connectivity index (χ4n) is 4.48. The van der Waals surface area contributed by atoms with Crippen molar-refractivity contribution in [3.63, 3.8) is 0 Å². The number of hydrogen-bond donors (Lipinski definition) is 0. The van der Waals surface area contributed by atoms with Gasteiger partial charge in [0.25, 0.3) is 5.89 Å². The Labute approximate surface area is 228 Å². The van der Waals surface area contributed by atoms with Crippen LogP contribution in [0.15, 0.2) is 65.3 Å². The van der Waals surface area contributed by atoms with Gasteiger partial charge in [-0.1, -0.05) is 29.4 Å². The van der Waals surface area contributed by atoms with Gasteiger partial charge >= 0.3 is 12.1 Å². The van der Waals surface area contributed by atoms with Crippen molar-refractivity contribution in [3.8, 4) is 34.0 Å². The highest BCUT2D eigenvalue weighted by Crippen LogP contribution is 2.40. The van der Waals surface area contributed by atoms with E-state index in [4.69, 9.17) is 9.26 Å². The molecule has 0 aliphatic rings. The Morgan fingerprint density at radius 3 is 2.50 bits per heavy atom. The minimum absolute atomic E-state index is 0.0121. The van der Waals surface area contributed by atoms with Gasteiger partial charge in [-0.05, 0) is 79.8 Å². The Kier molecular flexibility index (Phi) is 7.42. The quantitative estimate of drug-likeness (QED) is 0.188. The normalized spacial score (nSPS) is 11.8. The van der Waals surface area contributed by atoms with E-state index in [0.717, 1.165) is 28.1 Å². The maximum Gasteiger partial charge on any atom is 0.417 e. The minimum Gasteiger partial charge on any atom is -0.466 e. The minimum atomic E-state index is -4.57. The summed E-state index contributed by atoms with van der Waals surface area (Å²) in [6.07, 6.45) is -1.82. The van der Waals surface area contributed by atoms with Crippen molar-refractivity contribution in [2.45, 2.75) is 46.3 Å². The number of aromatic nitrogens is 4. The van der Waals surface area contributed by atoms with E-state index in [1.165, 1.54) is 6.07 Å². The molecule has 10 heteroatoms. The molecule has 5 aromatic rings. The molecule has 206 valence electrons. The average Bonchev–Trinajstić information content (AvgIpc) is 3.56. The first kappa shape index (κ1) is 27.1. The lowest BCUT2D eigenvalue weighted by atomic mass is 9.94. The van der Waals surface area contributed by atoms with Crippen LogP contribution in [-0.4, -0.2) is 32.5 Å². The Hall–Kier alpha value is -4.47. The van der Waals surface area contributed by atoms with Crippen LogP contribution >= 0.6 is 0 Å². The molecule has 0 radical (unpaired) electrons. The number of carbonyl (C=O) groups excluding carboxylic acids is 1. The summed E-state index contributed by atoms with van der Waals surface area (Å²) in [5.74, 6) is -0.00250. The van der Waals surface area contributed by atoms with Gasteiger partial charge in [0.15, 0.2) is 0 Å². The number of benzene rings is 3. The van der Waals surface area contributed by atoms with Crippen molar-refractivity contribution < 1.29 is 27.2 Å². The topological polar surface area (TPSA) is 83.0 Å². The second-order valence-corrected chi connectivity index (χ2v) is 9.55. The molecule has 2 aromatic heterocycles. The summed E-state index contributed by atoms with van der Waals surface area (Å²) in [7, 11) is 0. The van der Waals surface area contributed by atoms with Crippen molar-refractivity contribution in [1.29, 1.82) is 0 Å². The first-order valence-electron chi connectivity index (χ1n) is 12.9. The Balaban J connectivity index is 1.39. The van der Waals surface area contributed by atoms with Gasteiger partial charge in [-0.25, -0.2) is 0 Å². The molecule has 0 saturated carbocycles. The van der Waals surface area contributed by atoms with Crippen molar-refractivity contribution in [3.05, 3.63) is 77.5 Å². The predicted molar refractivity (Wildman–Crippen MR) is 144 cm³/mol. The molecule has 3 aromatic carbocycles. The molecule has 0 bridgehead atoms. The van der Waals surface area contributed by atoms with Crippen molar-refractivity contribution in [2.75, 3.05) is 6.61 Å². The molecule has 0 spiro atoms. The molecule has 0 saturated heterocycles. The zero-order chi connectivity index (χ0) is 28.4. The lowest BCUT2D eigenvalue weighted by molar-refractivity contribution is -0.143. The van der Waals surface area contributed by atoms with E-state index in [0.29, 0.717) is 37.1 Å². The first-order valence-corrected chi connectivity index (χ1v) is 12.9. The van der Waals surface area contributed by atoms with E-state index in [1.54, 1.807) is 35.9 Å². The number of aryl methyl sites for hydroxylation is 3. The third-order valence-corrected chi connectivity index (χ3v) is 6.70. The number of nitrogens with zero attached hydrogens (tertiary/aromatic N) is 4. The highest BCUT2D eigenvalue weighted by atomic mass is 19.4. The third-order valence-electron chi connectivity index (χ3n) is 6.70. The van der Waals surface area contributed by atoms with Gasteiger partial charge in [0.1, 0.15) is 0 Å². The average molecular weight is 549 g/mol. The summed E-state index contributed by atoms with van der Waals surface area (Å²) < 4.78 is 54.3. The van der Waals surface area contributed by atoms with E-state index in [1.807, 2.05) is 38.2 Å². The largest absolute Gasteiger partial charge is 0.466 e. The molecule has 5 rings (SSSR count). The molecule has 0 atom stereocenters. The first-order chi connectivity index (χ1) is 19.1. The number of fused-ring (bicyclic) bond motifs is 1. The summed E-state index contributed by atoms with van der Waals surface area (Å²) in [4.78, 5) is 15.9. The van der Waals surface area contributed by atoms with Gasteiger partial charge < -0.3 is 9.26 Å². The molecular weight excluding hydrogens is 521 g/mol. The van der Waals surface area contributed by atoms with Gasteiger partial charge in [0.2, 0.25) is 5.82 Å². The molecule has 40 heavy (non-hydrogen) atoms. The smallest absolute Gasteiger partial charge is 0.417 e. The van der Waals surface area contributed by atoms with Crippen LogP contribution in [0.25, 0.3) is 44.9 Å². The molecule has 0 aliphatic carbocycles. The second-order valence-electron chi connectivity index (χ2n) is 9.55. The molecular formula is C30H27F3N4O3. The molecule has 0 aliphatic heterocycles. The van der Waals surface area contributed by atoms with Gasteiger partial charge in [0, 0.05) is 35.7 Å². The van der Waals surface area contributed by atoms with E-state index in [-0.39, 0.29) is 28.8 Å². The number of rotatable bonds is 8. The summed E-state index contributed by atoms with van der Waals surface area (Å²) in [6.45, 7) is 6.46. The van der Waals surface area contributed by atoms with Crippen molar-refractivity contribution >= 4 is 16.9 Å².